The molecule has 3 N–H and O–H groups in total. The van der Waals surface area contributed by atoms with Crippen LogP contribution in [-0.4, -0.2) is 32.9 Å². The highest BCUT2D eigenvalue weighted by atomic mass is 16.5. The van der Waals surface area contributed by atoms with Gasteiger partial charge < -0.3 is 20.4 Å². The summed E-state index contributed by atoms with van der Waals surface area (Å²) in [6.45, 7) is 0.322. The molecule has 1 atom stereocenters. The zero-order valence-electron chi connectivity index (χ0n) is 19.1. The second-order valence-corrected chi connectivity index (χ2v) is 8.16. The van der Waals surface area contributed by atoms with E-state index in [1.165, 1.54) is 0 Å². The molecule has 8 nitrogen and oxygen atoms in total. The van der Waals surface area contributed by atoms with Gasteiger partial charge in [-0.1, -0.05) is 42.5 Å². The van der Waals surface area contributed by atoms with Crippen LogP contribution in [0.1, 0.15) is 23.1 Å². The summed E-state index contributed by atoms with van der Waals surface area (Å²) < 4.78 is 7.09. The van der Waals surface area contributed by atoms with E-state index in [0.717, 1.165) is 38.9 Å². The van der Waals surface area contributed by atoms with Crippen LogP contribution in [0.4, 0.5) is 4.79 Å². The highest BCUT2D eigenvalue weighted by molar-refractivity contribution is 5.82. The van der Waals surface area contributed by atoms with Crippen LogP contribution in [0.2, 0.25) is 0 Å². The van der Waals surface area contributed by atoms with Crippen molar-refractivity contribution in [1.82, 2.24) is 30.4 Å². The molecule has 3 aromatic carbocycles. The van der Waals surface area contributed by atoms with Crippen LogP contribution in [0.25, 0.3) is 21.9 Å². The number of methoxy groups -OCH3 is 1. The Hall–Kier alpha value is -4.33. The highest BCUT2D eigenvalue weighted by Crippen LogP contribution is 2.22. The second-order valence-electron chi connectivity index (χ2n) is 8.16. The molecule has 0 aliphatic heterocycles. The molecule has 8 heteroatoms. The normalized spacial score (nSPS) is 12.1. The minimum Gasteiger partial charge on any atom is -0.497 e. The molecule has 2 aromatic heterocycles. The molecule has 0 radical (unpaired) electrons. The summed E-state index contributed by atoms with van der Waals surface area (Å²) in [5, 5.41) is 11.6. The molecule has 2 heterocycles. The molecule has 2 amide bonds. The van der Waals surface area contributed by atoms with Crippen LogP contribution >= 0.6 is 0 Å². The number of aryl methyl sites for hydroxylation is 1. The van der Waals surface area contributed by atoms with Crippen molar-refractivity contribution in [2.45, 2.75) is 19.0 Å². The molecule has 0 saturated carbocycles. The van der Waals surface area contributed by atoms with Gasteiger partial charge in [-0.2, -0.15) is 5.10 Å². The third-order valence-corrected chi connectivity index (χ3v) is 5.89. The zero-order chi connectivity index (χ0) is 23.5. The average molecular weight is 455 g/mol. The maximum absolute atomic E-state index is 12.9. The predicted molar refractivity (Wildman–Crippen MR) is 132 cm³/mol. The van der Waals surface area contributed by atoms with E-state index >= 15 is 0 Å². The van der Waals surface area contributed by atoms with Gasteiger partial charge in [0.15, 0.2) is 0 Å². The van der Waals surface area contributed by atoms with Crippen molar-refractivity contribution in [2.24, 2.45) is 7.05 Å². The first-order chi connectivity index (χ1) is 16.6. The molecule has 0 unspecified atom stereocenters. The maximum Gasteiger partial charge on any atom is 0.315 e. The quantitative estimate of drug-likeness (QED) is 0.343. The number of hydrogen-bond donors (Lipinski definition) is 3. The Kier molecular flexibility index (Phi) is 5.86. The number of nitrogens with one attached hydrogen (secondary N) is 3. The zero-order valence-corrected chi connectivity index (χ0v) is 19.1. The van der Waals surface area contributed by atoms with Gasteiger partial charge in [-0.3, -0.25) is 4.68 Å². The first-order valence-corrected chi connectivity index (χ1v) is 11.1. The second kappa shape index (κ2) is 9.27. The summed E-state index contributed by atoms with van der Waals surface area (Å²) in [5.74, 6) is 1.49. The number of hydrogen-bond acceptors (Lipinski definition) is 4. The number of aromatic amines is 1. The predicted octanol–water partition coefficient (Wildman–Crippen LogP) is 4.24. The molecular weight excluding hydrogens is 428 g/mol. The summed E-state index contributed by atoms with van der Waals surface area (Å²) in [5.41, 5.74) is 4.70. The van der Waals surface area contributed by atoms with Crippen molar-refractivity contribution in [2.75, 3.05) is 7.11 Å². The smallest absolute Gasteiger partial charge is 0.315 e. The van der Waals surface area contributed by atoms with Crippen LogP contribution < -0.4 is 15.4 Å². The number of para-hydroxylation sites is 3. The van der Waals surface area contributed by atoms with E-state index in [0.29, 0.717) is 18.8 Å². The van der Waals surface area contributed by atoms with Crippen LogP contribution in [0.15, 0.2) is 72.8 Å². The van der Waals surface area contributed by atoms with Crippen LogP contribution in [-0.2, 0) is 20.0 Å². The minimum atomic E-state index is -0.346. The van der Waals surface area contributed by atoms with E-state index in [4.69, 9.17) is 9.72 Å². The standard InChI is InChI=1S/C26H26N6O2/c1-32-24-10-6-3-7-19(24)23(31-32)16-27-26(33)30-22(15-17-11-13-18(34-2)14-12-17)25-28-20-8-4-5-9-21(20)29-25/h3-14,22H,15-16H2,1-2H3,(H,28,29)(H2,27,30,33)/t22-/m1/s1. The van der Waals surface area contributed by atoms with Crippen LogP contribution in [0.5, 0.6) is 5.75 Å². The fraction of sp³-hybridized carbons (Fsp3) is 0.192. The van der Waals surface area contributed by atoms with Crippen LogP contribution in [0, 0.1) is 0 Å². The molecule has 0 saturated heterocycles. The van der Waals surface area contributed by atoms with Crippen molar-refractivity contribution in [3.63, 3.8) is 0 Å². The first-order valence-electron chi connectivity index (χ1n) is 11.1. The number of benzene rings is 3. The SMILES string of the molecule is COc1ccc(C[C@@H](NC(=O)NCc2nn(C)c3ccccc23)c2nc3ccccc3[nH]2)cc1. The largest absolute Gasteiger partial charge is 0.497 e. The van der Waals surface area contributed by atoms with E-state index in [1.54, 1.807) is 7.11 Å². The van der Waals surface area contributed by atoms with Gasteiger partial charge in [0.05, 0.1) is 41.9 Å². The molecule has 5 rings (SSSR count). The summed E-state index contributed by atoms with van der Waals surface area (Å²) in [6, 6.07) is 23.0. The first kappa shape index (κ1) is 21.5. The number of nitrogens with zero attached hydrogens (tertiary/aromatic N) is 3. The number of aromatic nitrogens is 4. The Morgan fingerprint density at radius 3 is 2.62 bits per heavy atom. The summed E-state index contributed by atoms with van der Waals surface area (Å²) >= 11 is 0. The maximum atomic E-state index is 12.9. The Morgan fingerprint density at radius 2 is 1.82 bits per heavy atom. The van der Waals surface area contributed by atoms with E-state index in [2.05, 4.69) is 20.7 Å². The molecule has 0 spiro atoms. The van der Waals surface area contributed by atoms with Gasteiger partial charge in [0, 0.05) is 12.4 Å². The van der Waals surface area contributed by atoms with Crippen LogP contribution in [0.3, 0.4) is 0 Å². The van der Waals surface area contributed by atoms with Gasteiger partial charge in [0.25, 0.3) is 0 Å². The lowest BCUT2D eigenvalue weighted by Crippen LogP contribution is -2.39. The molecular formula is C26H26N6O2. The summed E-state index contributed by atoms with van der Waals surface area (Å²) in [7, 11) is 3.54. The highest BCUT2D eigenvalue weighted by Gasteiger charge is 2.20. The third kappa shape index (κ3) is 4.43. The Labute approximate surface area is 197 Å². The van der Waals surface area contributed by atoms with Gasteiger partial charge in [-0.25, -0.2) is 9.78 Å². The lowest BCUT2D eigenvalue weighted by atomic mass is 10.1. The number of carbonyl (C=O) groups excluding carboxylic acids is 1. The molecule has 172 valence electrons. The molecule has 0 aliphatic rings. The summed E-state index contributed by atoms with van der Waals surface area (Å²) in [6.07, 6.45) is 0.573. The molecule has 5 aromatic rings. The minimum absolute atomic E-state index is 0.284. The third-order valence-electron chi connectivity index (χ3n) is 5.89. The average Bonchev–Trinajstić information content (AvgIpc) is 3.44. The van der Waals surface area contributed by atoms with E-state index in [9.17, 15) is 4.79 Å². The molecule has 0 aliphatic carbocycles. The van der Waals surface area contributed by atoms with Crippen molar-refractivity contribution in [1.29, 1.82) is 0 Å². The van der Waals surface area contributed by atoms with Gasteiger partial charge in [0.2, 0.25) is 0 Å². The number of ether oxygens (including phenoxy) is 1. The van der Waals surface area contributed by atoms with E-state index < -0.39 is 0 Å². The van der Waals surface area contributed by atoms with Crippen molar-refractivity contribution in [3.05, 3.63) is 89.9 Å². The van der Waals surface area contributed by atoms with Gasteiger partial charge in [-0.05, 0) is 42.3 Å². The number of fused-ring (bicyclic) bond motifs is 2. The number of amides is 2. The fourth-order valence-electron chi connectivity index (χ4n) is 4.14. The van der Waals surface area contributed by atoms with Gasteiger partial charge >= 0.3 is 6.03 Å². The fourth-order valence-corrected chi connectivity index (χ4v) is 4.14. The lowest BCUT2D eigenvalue weighted by Gasteiger charge is -2.17. The monoisotopic (exact) mass is 454 g/mol. The molecule has 0 fully saturated rings. The Morgan fingerprint density at radius 1 is 1.06 bits per heavy atom. The topological polar surface area (TPSA) is 96.9 Å². The van der Waals surface area contributed by atoms with Crippen molar-refractivity contribution >= 4 is 28.0 Å². The Balaban J connectivity index is 1.35. The lowest BCUT2D eigenvalue weighted by molar-refractivity contribution is 0.236. The van der Waals surface area contributed by atoms with Crippen molar-refractivity contribution < 1.29 is 9.53 Å². The van der Waals surface area contributed by atoms with E-state index in [1.807, 2.05) is 84.5 Å². The van der Waals surface area contributed by atoms with E-state index in [-0.39, 0.29) is 12.1 Å². The number of urea groups is 1. The molecule has 0 bridgehead atoms. The summed E-state index contributed by atoms with van der Waals surface area (Å²) in [4.78, 5) is 21.0. The van der Waals surface area contributed by atoms with Crippen molar-refractivity contribution in [3.8, 4) is 5.75 Å². The van der Waals surface area contributed by atoms with Gasteiger partial charge in [-0.15, -0.1) is 0 Å². The van der Waals surface area contributed by atoms with Gasteiger partial charge in [0.1, 0.15) is 11.6 Å². The number of rotatable bonds is 7. The number of carbonyl (C=O) groups is 1. The molecule has 34 heavy (non-hydrogen) atoms. The number of imidazole rings is 1. The number of H-pyrrole nitrogens is 1. The Bertz CT molecular complexity index is 1400.